The number of hydrogen-bond acceptors (Lipinski definition) is 3. The first-order valence-corrected chi connectivity index (χ1v) is 5.30. The maximum atomic E-state index is 13.4. The summed E-state index contributed by atoms with van der Waals surface area (Å²) in [5, 5.41) is 17.5. The van der Waals surface area contributed by atoms with Crippen molar-refractivity contribution in [3.05, 3.63) is 23.5 Å². The Morgan fingerprint density at radius 3 is 2.19 bits per heavy atom. The first-order chi connectivity index (χ1) is 7.27. The van der Waals surface area contributed by atoms with Gasteiger partial charge in [-0.25, -0.2) is 4.39 Å². The molecule has 88 valence electrons. The van der Waals surface area contributed by atoms with Gasteiger partial charge in [0.1, 0.15) is 5.82 Å². The number of halogens is 4. The summed E-state index contributed by atoms with van der Waals surface area (Å²) in [5.41, 5.74) is -1.89. The SMILES string of the molecule is CSc1cc(C(F)(F)F)cc(B(O)O)c1F. The van der Waals surface area contributed by atoms with Crippen molar-refractivity contribution in [2.24, 2.45) is 0 Å². The molecule has 0 aliphatic carbocycles. The van der Waals surface area contributed by atoms with E-state index < -0.39 is 30.1 Å². The summed E-state index contributed by atoms with van der Waals surface area (Å²) in [5.74, 6) is -1.05. The molecule has 2 N–H and O–H groups in total. The molecule has 0 heterocycles. The Kier molecular flexibility index (Phi) is 3.87. The highest BCUT2D eigenvalue weighted by molar-refractivity contribution is 7.98. The van der Waals surface area contributed by atoms with Gasteiger partial charge in [0.2, 0.25) is 0 Å². The highest BCUT2D eigenvalue weighted by Crippen LogP contribution is 2.32. The van der Waals surface area contributed by atoms with Gasteiger partial charge in [-0.3, -0.25) is 0 Å². The molecule has 0 bridgehead atoms. The van der Waals surface area contributed by atoms with Crippen LogP contribution in [0.15, 0.2) is 17.0 Å². The first kappa shape index (κ1) is 13.3. The van der Waals surface area contributed by atoms with Gasteiger partial charge in [-0.05, 0) is 18.4 Å². The summed E-state index contributed by atoms with van der Waals surface area (Å²) in [4.78, 5) is -0.280. The van der Waals surface area contributed by atoms with Crippen LogP contribution in [0, 0.1) is 5.82 Å². The molecule has 0 unspecified atom stereocenters. The minimum atomic E-state index is -4.65. The fourth-order valence-electron chi connectivity index (χ4n) is 1.12. The minimum absolute atomic E-state index is 0.280. The van der Waals surface area contributed by atoms with E-state index in [2.05, 4.69) is 0 Å². The van der Waals surface area contributed by atoms with Gasteiger partial charge in [-0.15, -0.1) is 11.8 Å². The standard InChI is InChI=1S/C8H7BF4O2S/c1-16-6-3-4(8(11,12)13)2-5(7(6)10)9(14)15/h2-3,14-15H,1H3. The van der Waals surface area contributed by atoms with Gasteiger partial charge in [-0.1, -0.05) is 0 Å². The zero-order chi connectivity index (χ0) is 12.5. The van der Waals surface area contributed by atoms with Crippen LogP contribution in [0.4, 0.5) is 17.6 Å². The quantitative estimate of drug-likeness (QED) is 0.474. The van der Waals surface area contributed by atoms with Crippen LogP contribution in [0.3, 0.4) is 0 Å². The lowest BCUT2D eigenvalue weighted by molar-refractivity contribution is -0.137. The second-order valence-electron chi connectivity index (χ2n) is 2.95. The van der Waals surface area contributed by atoms with Crippen LogP contribution in [0.5, 0.6) is 0 Å². The number of benzene rings is 1. The van der Waals surface area contributed by atoms with Crippen molar-refractivity contribution in [3.63, 3.8) is 0 Å². The maximum Gasteiger partial charge on any atom is 0.491 e. The average Bonchev–Trinajstić information content (AvgIpc) is 2.15. The van der Waals surface area contributed by atoms with E-state index in [0.29, 0.717) is 12.1 Å². The molecule has 1 aromatic carbocycles. The summed E-state index contributed by atoms with van der Waals surface area (Å²) in [6.45, 7) is 0. The molecule has 16 heavy (non-hydrogen) atoms. The summed E-state index contributed by atoms with van der Waals surface area (Å²) < 4.78 is 50.5. The Labute approximate surface area is 93.4 Å². The van der Waals surface area contributed by atoms with Crippen molar-refractivity contribution in [2.75, 3.05) is 6.26 Å². The zero-order valence-electron chi connectivity index (χ0n) is 8.05. The minimum Gasteiger partial charge on any atom is -0.423 e. The smallest absolute Gasteiger partial charge is 0.423 e. The molecule has 0 aliphatic heterocycles. The van der Waals surface area contributed by atoms with Crippen molar-refractivity contribution >= 4 is 24.3 Å². The van der Waals surface area contributed by atoms with E-state index in [-0.39, 0.29) is 4.90 Å². The molecule has 2 nitrogen and oxygen atoms in total. The van der Waals surface area contributed by atoms with Crippen molar-refractivity contribution in [3.8, 4) is 0 Å². The Hall–Kier alpha value is -0.725. The largest absolute Gasteiger partial charge is 0.491 e. The third kappa shape index (κ3) is 2.69. The van der Waals surface area contributed by atoms with Crippen molar-refractivity contribution in [1.29, 1.82) is 0 Å². The fourth-order valence-corrected chi connectivity index (χ4v) is 1.66. The van der Waals surface area contributed by atoms with Gasteiger partial charge in [0, 0.05) is 10.4 Å². The Bertz CT molecular complexity index is 394. The molecule has 0 spiro atoms. The van der Waals surface area contributed by atoms with E-state index in [1.165, 1.54) is 6.26 Å². The third-order valence-corrected chi connectivity index (χ3v) is 2.63. The van der Waals surface area contributed by atoms with Crippen LogP contribution in [0.2, 0.25) is 0 Å². The molecular formula is C8H7BF4O2S. The van der Waals surface area contributed by atoms with E-state index in [9.17, 15) is 17.6 Å². The van der Waals surface area contributed by atoms with Crippen LogP contribution in [-0.4, -0.2) is 23.4 Å². The van der Waals surface area contributed by atoms with E-state index >= 15 is 0 Å². The monoisotopic (exact) mass is 254 g/mol. The van der Waals surface area contributed by atoms with E-state index in [1.54, 1.807) is 0 Å². The van der Waals surface area contributed by atoms with Crippen molar-refractivity contribution in [2.45, 2.75) is 11.1 Å². The predicted octanol–water partition coefficient (Wildman–Crippen LogP) is 1.25. The molecule has 0 saturated carbocycles. The lowest BCUT2D eigenvalue weighted by Gasteiger charge is -2.12. The normalized spacial score (nSPS) is 11.7. The second-order valence-corrected chi connectivity index (χ2v) is 3.80. The van der Waals surface area contributed by atoms with Gasteiger partial charge in [0.25, 0.3) is 0 Å². The van der Waals surface area contributed by atoms with E-state index in [4.69, 9.17) is 10.0 Å². The molecule has 0 radical (unpaired) electrons. The van der Waals surface area contributed by atoms with Gasteiger partial charge >= 0.3 is 13.3 Å². The average molecular weight is 254 g/mol. The molecular weight excluding hydrogens is 247 g/mol. The predicted molar refractivity (Wildman–Crippen MR) is 53.0 cm³/mol. The van der Waals surface area contributed by atoms with E-state index in [1.807, 2.05) is 0 Å². The Balaban J connectivity index is 3.40. The number of rotatable bonds is 2. The van der Waals surface area contributed by atoms with Gasteiger partial charge in [0.15, 0.2) is 0 Å². The lowest BCUT2D eigenvalue weighted by Crippen LogP contribution is -2.34. The summed E-state index contributed by atoms with van der Waals surface area (Å²) in [6.07, 6.45) is -3.26. The second kappa shape index (κ2) is 4.64. The molecule has 0 amide bonds. The highest BCUT2D eigenvalue weighted by atomic mass is 32.2. The molecule has 0 aliphatic rings. The Morgan fingerprint density at radius 2 is 1.81 bits per heavy atom. The van der Waals surface area contributed by atoms with Crippen LogP contribution in [-0.2, 0) is 6.18 Å². The van der Waals surface area contributed by atoms with Crippen LogP contribution in [0.1, 0.15) is 5.56 Å². The maximum absolute atomic E-state index is 13.4. The van der Waals surface area contributed by atoms with Crippen molar-refractivity contribution in [1.82, 2.24) is 0 Å². The van der Waals surface area contributed by atoms with Crippen LogP contribution in [0.25, 0.3) is 0 Å². The van der Waals surface area contributed by atoms with E-state index in [0.717, 1.165) is 11.8 Å². The third-order valence-electron chi connectivity index (χ3n) is 1.89. The van der Waals surface area contributed by atoms with Crippen molar-refractivity contribution < 1.29 is 27.6 Å². The molecule has 1 aromatic rings. The highest BCUT2D eigenvalue weighted by Gasteiger charge is 2.33. The molecule has 0 saturated heterocycles. The fraction of sp³-hybridized carbons (Fsp3) is 0.250. The van der Waals surface area contributed by atoms with Crippen LogP contribution < -0.4 is 5.46 Å². The number of hydrogen-bond donors (Lipinski definition) is 2. The van der Waals surface area contributed by atoms with Gasteiger partial charge in [-0.2, -0.15) is 13.2 Å². The molecule has 1 rings (SSSR count). The summed E-state index contributed by atoms with van der Waals surface area (Å²) in [7, 11) is -2.27. The molecule has 8 heteroatoms. The topological polar surface area (TPSA) is 40.5 Å². The zero-order valence-corrected chi connectivity index (χ0v) is 8.86. The summed E-state index contributed by atoms with van der Waals surface area (Å²) >= 11 is 0.760. The first-order valence-electron chi connectivity index (χ1n) is 4.08. The lowest BCUT2D eigenvalue weighted by atomic mass is 9.79. The Morgan fingerprint density at radius 1 is 1.25 bits per heavy atom. The van der Waals surface area contributed by atoms with Gasteiger partial charge in [0.05, 0.1) is 5.56 Å². The number of alkyl halides is 3. The molecule has 0 fully saturated rings. The molecule has 0 aromatic heterocycles. The van der Waals surface area contributed by atoms with Gasteiger partial charge < -0.3 is 10.0 Å². The summed E-state index contributed by atoms with van der Waals surface area (Å²) in [6, 6.07) is 1.02. The van der Waals surface area contributed by atoms with Crippen LogP contribution >= 0.6 is 11.8 Å². The molecule has 0 atom stereocenters. The number of thioether (sulfide) groups is 1.